The SMILES string of the molecule is CCN(c1ccccc1)S(=O)(=O)c1ccc(OC)c(NC(=O)c2cc3ccccc3oc2=O)c1. The number of ether oxygens (including phenoxy) is 1. The van der Waals surface area contributed by atoms with Gasteiger partial charge in [-0.2, -0.15) is 0 Å². The Hall–Kier alpha value is -4.11. The predicted molar refractivity (Wildman–Crippen MR) is 130 cm³/mol. The molecule has 0 fully saturated rings. The number of nitrogens with one attached hydrogen (secondary N) is 1. The number of carbonyl (C=O) groups is 1. The van der Waals surface area contributed by atoms with E-state index in [0.29, 0.717) is 16.7 Å². The minimum Gasteiger partial charge on any atom is -0.495 e. The topological polar surface area (TPSA) is 106 Å². The molecule has 0 bridgehead atoms. The summed E-state index contributed by atoms with van der Waals surface area (Å²) < 4.78 is 38.5. The number of hydrogen-bond donors (Lipinski definition) is 1. The number of sulfonamides is 1. The van der Waals surface area contributed by atoms with E-state index in [4.69, 9.17) is 9.15 Å². The van der Waals surface area contributed by atoms with E-state index in [-0.39, 0.29) is 28.4 Å². The third kappa shape index (κ3) is 4.38. The second-order valence-corrected chi connectivity index (χ2v) is 9.17. The lowest BCUT2D eigenvalue weighted by atomic mass is 10.1. The number of amides is 1. The van der Waals surface area contributed by atoms with Crippen molar-refractivity contribution in [3.63, 3.8) is 0 Å². The molecule has 9 heteroatoms. The van der Waals surface area contributed by atoms with Crippen molar-refractivity contribution in [3.8, 4) is 5.75 Å². The van der Waals surface area contributed by atoms with Gasteiger partial charge in [0.05, 0.1) is 23.4 Å². The van der Waals surface area contributed by atoms with Crippen LogP contribution in [0.15, 0.2) is 93.0 Å². The number of fused-ring (bicyclic) bond motifs is 1. The van der Waals surface area contributed by atoms with Crippen LogP contribution in [0, 0.1) is 0 Å². The van der Waals surface area contributed by atoms with Crippen LogP contribution in [0.1, 0.15) is 17.3 Å². The Kier molecular flexibility index (Phi) is 6.38. The first-order chi connectivity index (χ1) is 16.3. The fourth-order valence-electron chi connectivity index (χ4n) is 3.57. The van der Waals surface area contributed by atoms with Gasteiger partial charge in [0.15, 0.2) is 0 Å². The second kappa shape index (κ2) is 9.40. The van der Waals surface area contributed by atoms with Crippen molar-refractivity contribution in [1.82, 2.24) is 0 Å². The number of methoxy groups -OCH3 is 1. The molecule has 174 valence electrons. The Balaban J connectivity index is 1.71. The molecule has 1 amide bonds. The van der Waals surface area contributed by atoms with E-state index >= 15 is 0 Å². The van der Waals surface area contributed by atoms with Gasteiger partial charge in [-0.1, -0.05) is 36.4 Å². The third-order valence-electron chi connectivity index (χ3n) is 5.22. The summed E-state index contributed by atoms with van der Waals surface area (Å²) in [7, 11) is -2.55. The zero-order valence-electron chi connectivity index (χ0n) is 18.5. The molecule has 34 heavy (non-hydrogen) atoms. The van der Waals surface area contributed by atoms with Crippen molar-refractivity contribution in [3.05, 3.63) is 94.8 Å². The summed E-state index contributed by atoms with van der Waals surface area (Å²) in [5.74, 6) is -0.511. The van der Waals surface area contributed by atoms with Gasteiger partial charge in [-0.15, -0.1) is 0 Å². The molecule has 1 N–H and O–H groups in total. The highest BCUT2D eigenvalue weighted by atomic mass is 32.2. The number of nitrogens with zero attached hydrogens (tertiary/aromatic N) is 1. The van der Waals surface area contributed by atoms with Crippen LogP contribution in [0.5, 0.6) is 5.75 Å². The summed E-state index contributed by atoms with van der Waals surface area (Å²) in [6.45, 7) is 1.94. The van der Waals surface area contributed by atoms with Crippen molar-refractivity contribution < 1.29 is 22.4 Å². The highest BCUT2D eigenvalue weighted by Gasteiger charge is 2.25. The smallest absolute Gasteiger partial charge is 0.349 e. The van der Waals surface area contributed by atoms with Crippen LogP contribution in [0.4, 0.5) is 11.4 Å². The molecule has 4 aromatic rings. The van der Waals surface area contributed by atoms with Crippen LogP contribution in [-0.2, 0) is 10.0 Å². The van der Waals surface area contributed by atoms with Crippen molar-refractivity contribution in [2.24, 2.45) is 0 Å². The number of hydrogen-bond acceptors (Lipinski definition) is 6. The molecule has 8 nitrogen and oxygen atoms in total. The Morgan fingerprint density at radius 1 is 1.00 bits per heavy atom. The minimum absolute atomic E-state index is 0.0418. The number of anilines is 2. The minimum atomic E-state index is -3.94. The second-order valence-electron chi connectivity index (χ2n) is 7.31. The molecule has 0 saturated heterocycles. The first-order valence-electron chi connectivity index (χ1n) is 10.4. The Morgan fingerprint density at radius 2 is 1.71 bits per heavy atom. The highest BCUT2D eigenvalue weighted by molar-refractivity contribution is 7.92. The van der Waals surface area contributed by atoms with Gasteiger partial charge in [0.2, 0.25) is 0 Å². The summed E-state index contributed by atoms with van der Waals surface area (Å²) in [5.41, 5.74) is -0.0469. The van der Waals surface area contributed by atoms with Gasteiger partial charge in [-0.05, 0) is 49.4 Å². The quantitative estimate of drug-likeness (QED) is 0.398. The summed E-state index contributed by atoms with van der Waals surface area (Å²) >= 11 is 0. The van der Waals surface area contributed by atoms with Gasteiger partial charge in [0, 0.05) is 11.9 Å². The molecule has 0 spiro atoms. The van der Waals surface area contributed by atoms with Gasteiger partial charge in [-0.25, -0.2) is 13.2 Å². The zero-order chi connectivity index (χ0) is 24.3. The molecule has 0 aliphatic rings. The Morgan fingerprint density at radius 3 is 2.41 bits per heavy atom. The van der Waals surface area contributed by atoms with Crippen LogP contribution >= 0.6 is 0 Å². The van der Waals surface area contributed by atoms with Crippen molar-refractivity contribution in [1.29, 1.82) is 0 Å². The maximum atomic E-state index is 13.4. The molecular weight excluding hydrogens is 456 g/mol. The monoisotopic (exact) mass is 478 g/mol. The molecule has 0 atom stereocenters. The Labute approximate surface area is 196 Å². The fourth-order valence-corrected chi connectivity index (χ4v) is 5.07. The lowest BCUT2D eigenvalue weighted by Crippen LogP contribution is -2.30. The van der Waals surface area contributed by atoms with E-state index in [1.807, 2.05) is 0 Å². The first-order valence-corrected chi connectivity index (χ1v) is 11.9. The average molecular weight is 479 g/mol. The van der Waals surface area contributed by atoms with E-state index in [1.165, 1.54) is 35.7 Å². The van der Waals surface area contributed by atoms with Crippen LogP contribution in [0.3, 0.4) is 0 Å². The summed E-state index contributed by atoms with van der Waals surface area (Å²) in [6.07, 6.45) is 0. The van der Waals surface area contributed by atoms with Gasteiger partial charge >= 0.3 is 5.63 Å². The van der Waals surface area contributed by atoms with Crippen LogP contribution in [0.2, 0.25) is 0 Å². The number of carbonyl (C=O) groups excluding carboxylic acids is 1. The van der Waals surface area contributed by atoms with Crippen LogP contribution in [0.25, 0.3) is 11.0 Å². The summed E-state index contributed by atoms with van der Waals surface area (Å²) in [6, 6.07) is 21.1. The van der Waals surface area contributed by atoms with Crippen molar-refractivity contribution in [2.45, 2.75) is 11.8 Å². The van der Waals surface area contributed by atoms with Crippen molar-refractivity contribution in [2.75, 3.05) is 23.3 Å². The normalized spacial score (nSPS) is 11.2. The molecule has 3 aromatic carbocycles. The number of para-hydroxylation sites is 2. The molecule has 1 aromatic heterocycles. The van der Waals surface area contributed by atoms with Gasteiger partial charge in [0.1, 0.15) is 16.9 Å². The Bertz CT molecular complexity index is 1510. The number of rotatable bonds is 7. The first kappa shape index (κ1) is 23.1. The maximum absolute atomic E-state index is 13.4. The van der Waals surface area contributed by atoms with Crippen LogP contribution in [-0.4, -0.2) is 28.0 Å². The van der Waals surface area contributed by atoms with Crippen molar-refractivity contribution >= 4 is 38.3 Å². The highest BCUT2D eigenvalue weighted by Crippen LogP contribution is 2.31. The molecular formula is C25H22N2O6S. The molecule has 0 unspecified atom stereocenters. The fraction of sp³-hybridized carbons (Fsp3) is 0.120. The third-order valence-corrected chi connectivity index (χ3v) is 7.12. The van der Waals surface area contributed by atoms with E-state index in [9.17, 15) is 18.0 Å². The molecule has 0 aliphatic carbocycles. The maximum Gasteiger partial charge on any atom is 0.349 e. The summed E-state index contributed by atoms with van der Waals surface area (Å²) in [5, 5.41) is 3.17. The standard InChI is InChI=1S/C25H22N2O6S/c1-3-27(18-10-5-4-6-11-18)34(30,31)19-13-14-23(32-2)21(16-19)26-24(28)20-15-17-9-7-8-12-22(17)33-25(20)29/h4-16H,3H2,1-2H3,(H,26,28). The van der Waals surface area contributed by atoms with Gasteiger partial charge in [0.25, 0.3) is 15.9 Å². The van der Waals surface area contributed by atoms with E-state index in [2.05, 4.69) is 5.32 Å². The molecule has 0 aliphatic heterocycles. The van der Waals surface area contributed by atoms with E-state index < -0.39 is 21.6 Å². The van der Waals surface area contributed by atoms with Gasteiger partial charge < -0.3 is 14.5 Å². The summed E-state index contributed by atoms with van der Waals surface area (Å²) in [4.78, 5) is 25.3. The number of benzene rings is 3. The molecule has 0 saturated carbocycles. The van der Waals surface area contributed by atoms with E-state index in [0.717, 1.165) is 0 Å². The van der Waals surface area contributed by atoms with Crippen LogP contribution < -0.4 is 20.0 Å². The largest absolute Gasteiger partial charge is 0.495 e. The molecule has 1 heterocycles. The van der Waals surface area contributed by atoms with E-state index in [1.54, 1.807) is 61.5 Å². The average Bonchev–Trinajstić information content (AvgIpc) is 2.84. The lowest BCUT2D eigenvalue weighted by molar-refractivity contribution is 0.102. The zero-order valence-corrected chi connectivity index (χ0v) is 19.3. The van der Waals surface area contributed by atoms with Gasteiger partial charge in [-0.3, -0.25) is 9.10 Å². The lowest BCUT2D eigenvalue weighted by Gasteiger charge is -2.23. The molecule has 0 radical (unpaired) electrons. The molecule has 4 rings (SSSR count). The predicted octanol–water partition coefficient (Wildman–Crippen LogP) is 4.27.